The molecule has 0 unspecified atom stereocenters. The summed E-state index contributed by atoms with van der Waals surface area (Å²) in [5.74, 6) is 0.584. The van der Waals surface area contributed by atoms with Gasteiger partial charge in [-0.25, -0.2) is 4.98 Å². The number of nitrogen functional groups attached to an aromatic ring is 1. The van der Waals surface area contributed by atoms with Gasteiger partial charge in [0.15, 0.2) is 5.82 Å². The normalized spacial score (nSPS) is 10.6. The first kappa shape index (κ1) is 11.7. The molecule has 0 radical (unpaired) electrons. The van der Waals surface area contributed by atoms with Crippen molar-refractivity contribution in [2.75, 3.05) is 11.1 Å². The van der Waals surface area contributed by atoms with Gasteiger partial charge in [-0.3, -0.25) is 4.98 Å². The van der Waals surface area contributed by atoms with Gasteiger partial charge >= 0.3 is 0 Å². The highest BCUT2D eigenvalue weighted by Gasteiger charge is 2.05. The number of nitrogens with two attached hydrogens (primary N) is 1. The summed E-state index contributed by atoms with van der Waals surface area (Å²) in [7, 11) is 0. The van der Waals surface area contributed by atoms with Crippen LogP contribution in [0.15, 0.2) is 48.9 Å². The van der Waals surface area contributed by atoms with Crippen LogP contribution in [0.1, 0.15) is 0 Å². The van der Waals surface area contributed by atoms with Crippen molar-refractivity contribution in [3.05, 3.63) is 53.9 Å². The Morgan fingerprint density at radius 3 is 2.89 bits per heavy atom. The second-order valence-corrected chi connectivity index (χ2v) is 4.56. The Hall–Kier alpha value is -2.33. The maximum Gasteiger partial charge on any atom is 0.153 e. The summed E-state index contributed by atoms with van der Waals surface area (Å²) >= 11 is 5.83. The van der Waals surface area contributed by atoms with E-state index in [0.717, 1.165) is 16.5 Å². The van der Waals surface area contributed by atoms with E-state index in [9.17, 15) is 0 Å². The van der Waals surface area contributed by atoms with E-state index in [1.807, 2.05) is 30.5 Å². The second-order valence-electron chi connectivity index (χ2n) is 4.12. The molecule has 0 bridgehead atoms. The predicted molar refractivity (Wildman–Crippen MR) is 78.7 cm³/mol. The zero-order valence-electron chi connectivity index (χ0n) is 9.97. The molecule has 94 valence electrons. The molecule has 0 atom stereocenters. The average Bonchev–Trinajstić information content (AvgIpc) is 2.42. The Balaban J connectivity index is 2.06. The molecule has 0 spiro atoms. The number of rotatable bonds is 2. The molecule has 2 aromatic heterocycles. The molecule has 2 heterocycles. The van der Waals surface area contributed by atoms with E-state index in [-0.39, 0.29) is 0 Å². The number of benzene rings is 1. The lowest BCUT2D eigenvalue weighted by Crippen LogP contribution is -1.99. The van der Waals surface area contributed by atoms with Crippen LogP contribution in [0.2, 0.25) is 5.02 Å². The fourth-order valence-corrected chi connectivity index (χ4v) is 2.08. The third-order valence-electron chi connectivity index (χ3n) is 2.82. The number of pyridine rings is 2. The summed E-state index contributed by atoms with van der Waals surface area (Å²) in [6.07, 6.45) is 5.13. The van der Waals surface area contributed by atoms with Crippen molar-refractivity contribution in [3.63, 3.8) is 0 Å². The number of fused-ring (bicyclic) bond motifs is 1. The second kappa shape index (κ2) is 4.74. The van der Waals surface area contributed by atoms with Gasteiger partial charge in [-0.1, -0.05) is 23.7 Å². The smallest absolute Gasteiger partial charge is 0.153 e. The topological polar surface area (TPSA) is 63.8 Å². The van der Waals surface area contributed by atoms with Crippen LogP contribution in [0.5, 0.6) is 0 Å². The van der Waals surface area contributed by atoms with Gasteiger partial charge < -0.3 is 11.1 Å². The summed E-state index contributed by atoms with van der Waals surface area (Å²) in [5.41, 5.74) is 7.31. The predicted octanol–water partition coefficient (Wildman–Crippen LogP) is 3.61. The maximum absolute atomic E-state index is 5.89. The first-order chi connectivity index (χ1) is 9.24. The minimum Gasteiger partial charge on any atom is -0.396 e. The fourth-order valence-electron chi connectivity index (χ4n) is 1.91. The lowest BCUT2D eigenvalue weighted by molar-refractivity contribution is 1.31. The molecule has 0 aliphatic heterocycles. The van der Waals surface area contributed by atoms with Crippen LogP contribution in [0, 0.1) is 0 Å². The molecule has 3 aromatic rings. The SMILES string of the molecule is Nc1cc(Cl)cnc1Nc1cccc2ccncc12. The Kier molecular flexibility index (Phi) is 2.93. The van der Waals surface area contributed by atoms with Gasteiger partial charge in [0.2, 0.25) is 0 Å². The monoisotopic (exact) mass is 270 g/mol. The minimum atomic E-state index is 0.508. The van der Waals surface area contributed by atoms with E-state index in [4.69, 9.17) is 17.3 Å². The van der Waals surface area contributed by atoms with Crippen molar-refractivity contribution in [2.24, 2.45) is 0 Å². The van der Waals surface area contributed by atoms with Gasteiger partial charge in [-0.15, -0.1) is 0 Å². The van der Waals surface area contributed by atoms with Crippen molar-refractivity contribution >= 4 is 39.6 Å². The average molecular weight is 271 g/mol. The Morgan fingerprint density at radius 1 is 1.16 bits per heavy atom. The molecule has 3 N–H and O–H groups in total. The molecular weight excluding hydrogens is 260 g/mol. The summed E-state index contributed by atoms with van der Waals surface area (Å²) in [4.78, 5) is 8.33. The molecule has 3 rings (SSSR count). The Morgan fingerprint density at radius 2 is 2.05 bits per heavy atom. The summed E-state index contributed by atoms with van der Waals surface area (Å²) in [6, 6.07) is 9.58. The maximum atomic E-state index is 5.89. The minimum absolute atomic E-state index is 0.508. The van der Waals surface area contributed by atoms with Gasteiger partial charge in [-0.2, -0.15) is 0 Å². The quantitative estimate of drug-likeness (QED) is 0.747. The Labute approximate surface area is 115 Å². The number of nitrogens with one attached hydrogen (secondary N) is 1. The molecule has 4 nitrogen and oxygen atoms in total. The third kappa shape index (κ3) is 2.30. The Bertz CT molecular complexity index is 737. The van der Waals surface area contributed by atoms with Gasteiger partial charge in [-0.05, 0) is 23.6 Å². The highest BCUT2D eigenvalue weighted by atomic mass is 35.5. The van der Waals surface area contributed by atoms with Gasteiger partial charge in [0.1, 0.15) is 0 Å². The van der Waals surface area contributed by atoms with Crippen molar-refractivity contribution in [3.8, 4) is 0 Å². The first-order valence-electron chi connectivity index (χ1n) is 5.75. The molecule has 0 aliphatic rings. The molecule has 0 saturated carbocycles. The lowest BCUT2D eigenvalue weighted by atomic mass is 10.1. The van der Waals surface area contributed by atoms with E-state index in [1.165, 1.54) is 0 Å². The number of hydrogen-bond donors (Lipinski definition) is 2. The van der Waals surface area contributed by atoms with Gasteiger partial charge in [0, 0.05) is 29.7 Å². The molecule has 0 aliphatic carbocycles. The van der Waals surface area contributed by atoms with Crippen molar-refractivity contribution in [2.45, 2.75) is 0 Å². The molecule has 0 amide bonds. The lowest BCUT2D eigenvalue weighted by Gasteiger charge is -2.10. The van der Waals surface area contributed by atoms with Crippen LogP contribution in [-0.2, 0) is 0 Å². The van der Waals surface area contributed by atoms with E-state index in [0.29, 0.717) is 16.5 Å². The number of anilines is 3. The standard InChI is InChI=1S/C14H11ClN4/c15-10-6-12(16)14(18-7-10)19-13-3-1-2-9-4-5-17-8-11(9)13/h1-8H,16H2,(H,18,19). The number of aromatic nitrogens is 2. The van der Waals surface area contributed by atoms with Gasteiger partial charge in [0.25, 0.3) is 0 Å². The molecular formula is C14H11ClN4. The largest absolute Gasteiger partial charge is 0.396 e. The van der Waals surface area contributed by atoms with Crippen molar-refractivity contribution < 1.29 is 0 Å². The number of hydrogen-bond acceptors (Lipinski definition) is 4. The zero-order chi connectivity index (χ0) is 13.2. The van der Waals surface area contributed by atoms with Gasteiger partial charge in [0.05, 0.1) is 10.7 Å². The van der Waals surface area contributed by atoms with E-state index < -0.39 is 0 Å². The molecule has 19 heavy (non-hydrogen) atoms. The molecule has 1 aromatic carbocycles. The van der Waals surface area contributed by atoms with Crippen LogP contribution in [-0.4, -0.2) is 9.97 Å². The first-order valence-corrected chi connectivity index (χ1v) is 6.12. The third-order valence-corrected chi connectivity index (χ3v) is 3.03. The molecule has 0 saturated heterocycles. The van der Waals surface area contributed by atoms with Crippen molar-refractivity contribution in [1.29, 1.82) is 0 Å². The zero-order valence-corrected chi connectivity index (χ0v) is 10.7. The summed E-state index contributed by atoms with van der Waals surface area (Å²) < 4.78 is 0. The van der Waals surface area contributed by atoms with Crippen molar-refractivity contribution in [1.82, 2.24) is 9.97 Å². The summed E-state index contributed by atoms with van der Waals surface area (Å²) in [6.45, 7) is 0. The highest BCUT2D eigenvalue weighted by molar-refractivity contribution is 6.30. The summed E-state index contributed by atoms with van der Waals surface area (Å²) in [5, 5.41) is 5.84. The van der Waals surface area contributed by atoms with Crippen LogP contribution in [0.3, 0.4) is 0 Å². The van der Waals surface area contributed by atoms with Crippen LogP contribution < -0.4 is 11.1 Å². The molecule has 5 heteroatoms. The van der Waals surface area contributed by atoms with E-state index >= 15 is 0 Å². The van der Waals surface area contributed by atoms with Crippen LogP contribution in [0.4, 0.5) is 17.2 Å². The number of halogens is 1. The van der Waals surface area contributed by atoms with Crippen LogP contribution in [0.25, 0.3) is 10.8 Å². The number of nitrogens with zero attached hydrogens (tertiary/aromatic N) is 2. The highest BCUT2D eigenvalue weighted by Crippen LogP contribution is 2.28. The fraction of sp³-hybridized carbons (Fsp3) is 0. The van der Waals surface area contributed by atoms with Crippen LogP contribution >= 0.6 is 11.6 Å². The van der Waals surface area contributed by atoms with E-state index in [2.05, 4.69) is 15.3 Å². The molecule has 0 fully saturated rings. The van der Waals surface area contributed by atoms with E-state index in [1.54, 1.807) is 18.5 Å².